The number of aromatic amines is 1. The molecule has 174 valence electrons. The smallest absolute Gasteiger partial charge is 0.329 e. The summed E-state index contributed by atoms with van der Waals surface area (Å²) in [6.07, 6.45) is -0.0205. The zero-order valence-electron chi connectivity index (χ0n) is 18.1. The van der Waals surface area contributed by atoms with Gasteiger partial charge in [0.15, 0.2) is 0 Å². The number of halogens is 2. The minimum absolute atomic E-state index is 0.0205. The molecule has 0 radical (unpaired) electrons. The molecule has 1 amide bonds. The first kappa shape index (κ1) is 22.9. The summed E-state index contributed by atoms with van der Waals surface area (Å²) in [6, 6.07) is 13.8. The van der Waals surface area contributed by atoms with Crippen molar-refractivity contribution in [3.8, 4) is 5.75 Å². The summed E-state index contributed by atoms with van der Waals surface area (Å²) >= 11 is 0. The predicted molar refractivity (Wildman–Crippen MR) is 123 cm³/mol. The summed E-state index contributed by atoms with van der Waals surface area (Å²) in [7, 11) is 0. The molecule has 0 unspecified atom stereocenters. The molecule has 0 aliphatic rings. The van der Waals surface area contributed by atoms with E-state index in [-0.39, 0.29) is 28.6 Å². The van der Waals surface area contributed by atoms with Crippen molar-refractivity contribution >= 4 is 16.8 Å². The summed E-state index contributed by atoms with van der Waals surface area (Å²) in [5.74, 6) is -2.65. The van der Waals surface area contributed by atoms with Crippen LogP contribution in [-0.2, 0) is 11.2 Å². The number of hydrogen-bond acceptors (Lipinski definition) is 4. The van der Waals surface area contributed by atoms with Gasteiger partial charge < -0.3 is 15.4 Å². The first-order valence-corrected chi connectivity index (χ1v) is 10.5. The summed E-state index contributed by atoms with van der Waals surface area (Å²) in [4.78, 5) is 42.0. The van der Waals surface area contributed by atoms with Gasteiger partial charge in [-0.05, 0) is 30.7 Å². The van der Waals surface area contributed by atoms with Crippen molar-refractivity contribution in [1.82, 2.24) is 14.9 Å². The predicted octanol–water partition coefficient (Wildman–Crippen LogP) is 3.33. The van der Waals surface area contributed by atoms with E-state index in [9.17, 15) is 28.3 Å². The van der Waals surface area contributed by atoms with Gasteiger partial charge in [0.25, 0.3) is 5.56 Å². The van der Waals surface area contributed by atoms with Gasteiger partial charge in [-0.3, -0.25) is 9.59 Å². The molecule has 0 fully saturated rings. The highest BCUT2D eigenvalue weighted by molar-refractivity contribution is 5.85. The van der Waals surface area contributed by atoms with Crippen molar-refractivity contribution in [1.29, 1.82) is 0 Å². The number of nitrogens with one attached hydrogen (secondary N) is 2. The number of hydrogen-bond donors (Lipinski definition) is 3. The SMILES string of the molecule is C[C@H](NC(=O)[C@@H](Cc1ccccc1)n1c(=O)[nH]c2cccc(O)c2c1=O)c1ccc(F)cc1F. The first-order valence-electron chi connectivity index (χ1n) is 10.5. The lowest BCUT2D eigenvalue weighted by Crippen LogP contribution is -2.46. The number of carbonyl (C=O) groups excluding carboxylic acids is 1. The lowest BCUT2D eigenvalue weighted by molar-refractivity contribution is -0.125. The van der Waals surface area contributed by atoms with Gasteiger partial charge in [0.1, 0.15) is 28.8 Å². The Morgan fingerprint density at radius 2 is 1.79 bits per heavy atom. The van der Waals surface area contributed by atoms with E-state index < -0.39 is 40.9 Å². The summed E-state index contributed by atoms with van der Waals surface area (Å²) < 4.78 is 28.3. The lowest BCUT2D eigenvalue weighted by atomic mass is 10.0. The van der Waals surface area contributed by atoms with Gasteiger partial charge in [-0.25, -0.2) is 18.1 Å². The zero-order valence-corrected chi connectivity index (χ0v) is 18.1. The van der Waals surface area contributed by atoms with Gasteiger partial charge in [-0.1, -0.05) is 42.5 Å². The van der Waals surface area contributed by atoms with E-state index in [4.69, 9.17) is 0 Å². The number of rotatable bonds is 6. The average Bonchev–Trinajstić information content (AvgIpc) is 2.78. The number of nitrogens with zero attached hydrogens (tertiary/aromatic N) is 1. The van der Waals surface area contributed by atoms with Crippen LogP contribution < -0.4 is 16.6 Å². The van der Waals surface area contributed by atoms with E-state index in [1.165, 1.54) is 31.2 Å². The van der Waals surface area contributed by atoms with Crippen LogP contribution in [0.3, 0.4) is 0 Å². The lowest BCUT2D eigenvalue weighted by Gasteiger charge is -2.22. The van der Waals surface area contributed by atoms with Gasteiger partial charge in [0.2, 0.25) is 5.91 Å². The van der Waals surface area contributed by atoms with Crippen molar-refractivity contribution < 1.29 is 18.7 Å². The van der Waals surface area contributed by atoms with Gasteiger partial charge in [0, 0.05) is 18.1 Å². The molecule has 3 N–H and O–H groups in total. The van der Waals surface area contributed by atoms with Crippen LogP contribution in [0.25, 0.3) is 10.9 Å². The molecular formula is C25H21F2N3O4. The Morgan fingerprint density at radius 1 is 1.06 bits per heavy atom. The minimum atomic E-state index is -1.31. The van der Waals surface area contributed by atoms with Crippen LogP contribution in [0.4, 0.5) is 8.78 Å². The van der Waals surface area contributed by atoms with E-state index >= 15 is 0 Å². The van der Waals surface area contributed by atoms with E-state index in [0.717, 1.165) is 10.6 Å². The third-order valence-corrected chi connectivity index (χ3v) is 5.61. The molecule has 34 heavy (non-hydrogen) atoms. The standard InChI is InChI=1S/C25H21F2N3O4/c1-14(17-11-10-16(26)13-18(17)27)28-23(32)20(12-15-6-3-2-4-7-15)30-24(33)22-19(29-25(30)34)8-5-9-21(22)31/h2-11,13-14,20,31H,12H2,1H3,(H,28,32)(H,29,34)/t14-,20+/m0/s1. The molecule has 0 saturated carbocycles. The second kappa shape index (κ2) is 9.30. The maximum absolute atomic E-state index is 14.2. The summed E-state index contributed by atoms with van der Waals surface area (Å²) in [5.41, 5.74) is -0.821. The second-order valence-electron chi connectivity index (χ2n) is 7.91. The number of aromatic hydroxyl groups is 1. The van der Waals surface area contributed by atoms with Crippen molar-refractivity contribution in [3.63, 3.8) is 0 Å². The van der Waals surface area contributed by atoms with E-state index in [0.29, 0.717) is 11.6 Å². The molecule has 1 heterocycles. The molecule has 3 aromatic carbocycles. The molecule has 7 nitrogen and oxygen atoms in total. The van der Waals surface area contributed by atoms with Gasteiger partial charge in [-0.2, -0.15) is 0 Å². The number of fused-ring (bicyclic) bond motifs is 1. The number of carbonyl (C=O) groups is 1. The van der Waals surface area contributed by atoms with Gasteiger partial charge in [0.05, 0.1) is 11.6 Å². The molecule has 0 saturated heterocycles. The Kier molecular flexibility index (Phi) is 6.27. The van der Waals surface area contributed by atoms with Gasteiger partial charge in [-0.15, -0.1) is 0 Å². The van der Waals surface area contributed by atoms with Crippen LogP contribution >= 0.6 is 0 Å². The fourth-order valence-corrected chi connectivity index (χ4v) is 3.92. The first-order chi connectivity index (χ1) is 16.3. The Hall–Kier alpha value is -4.27. The van der Waals surface area contributed by atoms with Crippen molar-refractivity contribution in [2.24, 2.45) is 0 Å². The Balaban J connectivity index is 1.79. The van der Waals surface area contributed by atoms with E-state index in [2.05, 4.69) is 10.3 Å². The van der Waals surface area contributed by atoms with Crippen LogP contribution in [-0.4, -0.2) is 20.6 Å². The highest BCUT2D eigenvalue weighted by Crippen LogP contribution is 2.22. The number of H-pyrrole nitrogens is 1. The van der Waals surface area contributed by atoms with Crippen LogP contribution in [0.1, 0.15) is 30.1 Å². The summed E-state index contributed by atoms with van der Waals surface area (Å²) in [6.45, 7) is 1.51. The number of phenolic OH excluding ortho intramolecular Hbond substituents is 1. The van der Waals surface area contributed by atoms with Crippen LogP contribution in [0.15, 0.2) is 76.3 Å². The van der Waals surface area contributed by atoms with Crippen molar-refractivity contribution in [3.05, 3.63) is 110 Å². The molecule has 4 aromatic rings. The van der Waals surface area contributed by atoms with Crippen molar-refractivity contribution in [2.45, 2.75) is 25.4 Å². The van der Waals surface area contributed by atoms with Gasteiger partial charge >= 0.3 is 5.69 Å². The monoisotopic (exact) mass is 465 g/mol. The quantitative estimate of drug-likeness (QED) is 0.406. The third-order valence-electron chi connectivity index (χ3n) is 5.61. The second-order valence-corrected chi connectivity index (χ2v) is 7.91. The number of phenols is 1. The number of aromatic nitrogens is 2. The summed E-state index contributed by atoms with van der Waals surface area (Å²) in [5, 5.41) is 12.7. The largest absolute Gasteiger partial charge is 0.507 e. The molecule has 9 heteroatoms. The highest BCUT2D eigenvalue weighted by Gasteiger charge is 2.28. The topological polar surface area (TPSA) is 104 Å². The molecule has 0 aliphatic carbocycles. The number of benzene rings is 3. The molecule has 4 rings (SSSR count). The van der Waals surface area contributed by atoms with E-state index in [1.54, 1.807) is 30.3 Å². The maximum atomic E-state index is 14.2. The molecule has 1 aromatic heterocycles. The van der Waals surface area contributed by atoms with Crippen LogP contribution in [0, 0.1) is 11.6 Å². The zero-order chi connectivity index (χ0) is 24.4. The number of amides is 1. The molecule has 2 atom stereocenters. The van der Waals surface area contributed by atoms with Crippen molar-refractivity contribution in [2.75, 3.05) is 0 Å². The maximum Gasteiger partial charge on any atom is 0.329 e. The molecule has 0 bridgehead atoms. The fraction of sp³-hybridized carbons (Fsp3) is 0.160. The molecule has 0 spiro atoms. The van der Waals surface area contributed by atoms with E-state index in [1.807, 2.05) is 0 Å². The fourth-order valence-electron chi connectivity index (χ4n) is 3.92. The Bertz CT molecular complexity index is 1480. The minimum Gasteiger partial charge on any atom is -0.507 e. The Morgan fingerprint density at radius 3 is 2.50 bits per heavy atom. The third kappa shape index (κ3) is 4.45. The van der Waals surface area contributed by atoms with Crippen LogP contribution in [0.2, 0.25) is 0 Å². The average molecular weight is 465 g/mol. The molecular weight excluding hydrogens is 444 g/mol. The van der Waals surface area contributed by atoms with Crippen LogP contribution in [0.5, 0.6) is 5.75 Å². The Labute approximate surface area is 192 Å². The highest BCUT2D eigenvalue weighted by atomic mass is 19.1. The molecule has 0 aliphatic heterocycles. The normalized spacial score (nSPS) is 12.9.